The normalized spacial score (nSPS) is 10.9. The van der Waals surface area contributed by atoms with E-state index in [1.165, 1.54) is 0 Å². The maximum Gasteiger partial charge on any atom is 0.262 e. The van der Waals surface area contributed by atoms with Crippen LogP contribution in [0.5, 0.6) is 5.75 Å². The third-order valence-electron chi connectivity index (χ3n) is 4.46. The molecule has 1 amide bonds. The number of hydrogen-bond acceptors (Lipinski definition) is 4. The summed E-state index contributed by atoms with van der Waals surface area (Å²) in [5.74, 6) is 0.899. The molecule has 4 rings (SSSR count). The van der Waals surface area contributed by atoms with Crippen LogP contribution in [-0.2, 0) is 4.79 Å². The van der Waals surface area contributed by atoms with E-state index in [0.29, 0.717) is 22.4 Å². The van der Waals surface area contributed by atoms with Crippen molar-refractivity contribution < 1.29 is 13.9 Å². The maximum atomic E-state index is 12.1. The number of anilines is 1. The summed E-state index contributed by atoms with van der Waals surface area (Å²) in [6.07, 6.45) is 0. The minimum atomic E-state index is -0.248. The number of aryl methyl sites for hydroxylation is 2. The van der Waals surface area contributed by atoms with E-state index in [9.17, 15) is 4.79 Å². The number of aromatic nitrogens is 1. The van der Waals surface area contributed by atoms with Gasteiger partial charge in [-0.1, -0.05) is 17.7 Å². The zero-order valence-corrected chi connectivity index (χ0v) is 16.8. The van der Waals surface area contributed by atoms with E-state index in [-0.39, 0.29) is 12.5 Å². The molecular weight excluding hydrogens is 388 g/mol. The number of nitrogens with zero attached hydrogens (tertiary/aromatic N) is 1. The lowest BCUT2D eigenvalue weighted by Gasteiger charge is -2.09. The van der Waals surface area contributed by atoms with E-state index in [1.807, 2.05) is 44.2 Å². The maximum absolute atomic E-state index is 12.1. The molecule has 0 spiro atoms. The fourth-order valence-corrected chi connectivity index (χ4v) is 3.02. The van der Waals surface area contributed by atoms with Crippen molar-refractivity contribution in [3.05, 3.63) is 76.8 Å². The van der Waals surface area contributed by atoms with Crippen LogP contribution in [0.4, 0.5) is 5.69 Å². The van der Waals surface area contributed by atoms with Crippen molar-refractivity contribution in [3.63, 3.8) is 0 Å². The molecule has 29 heavy (non-hydrogen) atoms. The van der Waals surface area contributed by atoms with Crippen molar-refractivity contribution in [3.8, 4) is 17.2 Å². The van der Waals surface area contributed by atoms with Gasteiger partial charge in [0.2, 0.25) is 5.89 Å². The molecule has 5 nitrogen and oxygen atoms in total. The monoisotopic (exact) mass is 406 g/mol. The van der Waals surface area contributed by atoms with Gasteiger partial charge in [-0.15, -0.1) is 0 Å². The third-order valence-corrected chi connectivity index (χ3v) is 4.88. The highest BCUT2D eigenvalue weighted by atomic mass is 35.5. The molecular formula is C23H19ClN2O3. The Morgan fingerprint density at radius 3 is 2.62 bits per heavy atom. The second-order valence-electron chi connectivity index (χ2n) is 6.82. The van der Waals surface area contributed by atoms with Crippen molar-refractivity contribution in [1.29, 1.82) is 0 Å². The smallest absolute Gasteiger partial charge is 0.262 e. The molecule has 0 aliphatic carbocycles. The van der Waals surface area contributed by atoms with Crippen LogP contribution >= 0.6 is 11.6 Å². The molecule has 1 N–H and O–H groups in total. The van der Waals surface area contributed by atoms with Crippen molar-refractivity contribution in [2.45, 2.75) is 13.8 Å². The molecule has 0 aliphatic heterocycles. The lowest BCUT2D eigenvalue weighted by molar-refractivity contribution is -0.118. The molecule has 146 valence electrons. The predicted molar refractivity (Wildman–Crippen MR) is 114 cm³/mol. The molecule has 6 heteroatoms. The van der Waals surface area contributed by atoms with Crippen molar-refractivity contribution in [2.24, 2.45) is 0 Å². The Labute approximate surface area is 173 Å². The van der Waals surface area contributed by atoms with Crippen LogP contribution in [0.15, 0.2) is 65.1 Å². The SMILES string of the molecule is Cc1ccc2nc(-c3ccc(NC(=O)COc4ccc(Cl)c(C)c4)cc3)oc2c1. The fraction of sp³-hybridized carbons (Fsp3) is 0.130. The summed E-state index contributed by atoms with van der Waals surface area (Å²) in [6.45, 7) is 3.80. The fourth-order valence-electron chi connectivity index (χ4n) is 2.90. The van der Waals surface area contributed by atoms with Crippen LogP contribution in [0.25, 0.3) is 22.6 Å². The minimum absolute atomic E-state index is 0.0900. The molecule has 1 aromatic heterocycles. The van der Waals surface area contributed by atoms with Crippen LogP contribution in [0.3, 0.4) is 0 Å². The average Bonchev–Trinajstić information content (AvgIpc) is 3.12. The first-order valence-corrected chi connectivity index (χ1v) is 9.52. The second-order valence-corrected chi connectivity index (χ2v) is 7.22. The molecule has 0 radical (unpaired) electrons. The van der Waals surface area contributed by atoms with E-state index >= 15 is 0 Å². The summed E-state index contributed by atoms with van der Waals surface area (Å²) in [5, 5.41) is 3.47. The number of amides is 1. The van der Waals surface area contributed by atoms with Gasteiger partial charge in [-0.25, -0.2) is 4.98 Å². The number of nitrogens with one attached hydrogen (secondary N) is 1. The second kappa shape index (κ2) is 7.97. The lowest BCUT2D eigenvalue weighted by atomic mass is 10.2. The van der Waals surface area contributed by atoms with Gasteiger partial charge in [0.05, 0.1) is 0 Å². The molecule has 0 saturated carbocycles. The van der Waals surface area contributed by atoms with Gasteiger partial charge in [-0.05, 0) is 79.6 Å². The van der Waals surface area contributed by atoms with Gasteiger partial charge >= 0.3 is 0 Å². The van der Waals surface area contributed by atoms with Crippen molar-refractivity contribution in [1.82, 2.24) is 4.98 Å². The number of halogens is 1. The van der Waals surface area contributed by atoms with Crippen molar-refractivity contribution >= 4 is 34.3 Å². The van der Waals surface area contributed by atoms with Gasteiger partial charge in [-0.3, -0.25) is 4.79 Å². The minimum Gasteiger partial charge on any atom is -0.484 e. The van der Waals surface area contributed by atoms with Gasteiger partial charge in [0, 0.05) is 16.3 Å². The first kappa shape index (κ1) is 19.0. The lowest BCUT2D eigenvalue weighted by Crippen LogP contribution is -2.20. The summed E-state index contributed by atoms with van der Waals surface area (Å²) in [7, 11) is 0. The molecule has 0 fully saturated rings. The summed E-state index contributed by atoms with van der Waals surface area (Å²) < 4.78 is 11.4. The van der Waals surface area contributed by atoms with E-state index in [4.69, 9.17) is 20.8 Å². The van der Waals surface area contributed by atoms with Crippen molar-refractivity contribution in [2.75, 3.05) is 11.9 Å². The van der Waals surface area contributed by atoms with Gasteiger partial charge in [0.25, 0.3) is 5.91 Å². The zero-order chi connectivity index (χ0) is 20.4. The summed E-state index contributed by atoms with van der Waals surface area (Å²) in [4.78, 5) is 16.7. The summed E-state index contributed by atoms with van der Waals surface area (Å²) >= 11 is 5.99. The Balaban J connectivity index is 1.39. The highest BCUT2D eigenvalue weighted by Crippen LogP contribution is 2.26. The average molecular weight is 407 g/mol. The highest BCUT2D eigenvalue weighted by molar-refractivity contribution is 6.31. The number of benzene rings is 3. The van der Waals surface area contributed by atoms with Gasteiger partial charge < -0.3 is 14.5 Å². The van der Waals surface area contributed by atoms with E-state index in [2.05, 4.69) is 10.3 Å². The first-order chi connectivity index (χ1) is 14.0. The summed E-state index contributed by atoms with van der Waals surface area (Å²) in [6, 6.07) is 18.5. The molecule has 4 aromatic rings. The summed E-state index contributed by atoms with van der Waals surface area (Å²) in [5.41, 5.74) is 5.10. The van der Waals surface area contributed by atoms with Crippen LogP contribution in [0.2, 0.25) is 5.02 Å². The molecule has 0 saturated heterocycles. The Morgan fingerprint density at radius 2 is 1.86 bits per heavy atom. The third kappa shape index (κ3) is 4.41. The Hall–Kier alpha value is -3.31. The topological polar surface area (TPSA) is 64.4 Å². The van der Waals surface area contributed by atoms with Crippen LogP contribution < -0.4 is 10.1 Å². The number of fused-ring (bicyclic) bond motifs is 1. The molecule has 0 aliphatic rings. The largest absolute Gasteiger partial charge is 0.484 e. The molecule has 3 aromatic carbocycles. The van der Waals surface area contributed by atoms with E-state index < -0.39 is 0 Å². The van der Waals surface area contributed by atoms with E-state index in [1.54, 1.807) is 30.3 Å². The van der Waals surface area contributed by atoms with Gasteiger partial charge in [0.15, 0.2) is 12.2 Å². The Morgan fingerprint density at radius 1 is 1.07 bits per heavy atom. The first-order valence-electron chi connectivity index (χ1n) is 9.14. The number of carbonyl (C=O) groups excluding carboxylic acids is 1. The zero-order valence-electron chi connectivity index (χ0n) is 16.0. The Bertz CT molecular complexity index is 1180. The standard InChI is InChI=1S/C23H19ClN2O3/c1-14-3-10-20-21(11-14)29-23(26-20)16-4-6-17(7-5-16)25-22(27)13-28-18-8-9-19(24)15(2)12-18/h3-12H,13H2,1-2H3,(H,25,27). The molecule has 0 atom stereocenters. The Kier molecular flexibility index (Phi) is 5.23. The molecule has 0 unspecified atom stereocenters. The number of rotatable bonds is 5. The molecule has 1 heterocycles. The van der Waals surface area contributed by atoms with Crippen LogP contribution in [0, 0.1) is 13.8 Å². The quantitative estimate of drug-likeness (QED) is 0.456. The predicted octanol–water partition coefficient (Wildman–Crippen LogP) is 5.78. The van der Waals surface area contributed by atoms with Gasteiger partial charge in [0.1, 0.15) is 11.3 Å². The van der Waals surface area contributed by atoms with Crippen LogP contribution in [-0.4, -0.2) is 17.5 Å². The number of ether oxygens (including phenoxy) is 1. The molecule has 0 bridgehead atoms. The van der Waals surface area contributed by atoms with Gasteiger partial charge in [-0.2, -0.15) is 0 Å². The van der Waals surface area contributed by atoms with Crippen LogP contribution in [0.1, 0.15) is 11.1 Å². The number of carbonyl (C=O) groups is 1. The number of hydrogen-bond donors (Lipinski definition) is 1. The van der Waals surface area contributed by atoms with E-state index in [0.717, 1.165) is 27.8 Å². The number of oxazole rings is 1. The highest BCUT2D eigenvalue weighted by Gasteiger charge is 2.09.